The van der Waals surface area contributed by atoms with Crippen LogP contribution in [0.3, 0.4) is 0 Å². The van der Waals surface area contributed by atoms with E-state index in [9.17, 15) is 4.39 Å². The zero-order valence-electron chi connectivity index (χ0n) is 11.7. The Morgan fingerprint density at radius 2 is 1.74 bits per heavy atom. The zero-order valence-corrected chi connectivity index (χ0v) is 11.7. The molecule has 1 heterocycles. The average molecular weight is 268 g/mol. The van der Waals surface area contributed by atoms with Crippen molar-refractivity contribution in [2.75, 3.05) is 13.2 Å². The topological polar surface area (TPSA) is 31.0 Å². The summed E-state index contributed by atoms with van der Waals surface area (Å²) in [5.74, 6) is 0.854. The second-order valence-electron chi connectivity index (χ2n) is 4.67. The summed E-state index contributed by atoms with van der Waals surface area (Å²) in [5.41, 5.74) is 0.662. The van der Waals surface area contributed by atoms with Gasteiger partial charge in [-0.1, -0.05) is 0 Å². The predicted octanol–water partition coefficient (Wildman–Crippen LogP) is 3.34. The molecule has 1 saturated heterocycles. The molecule has 3 nitrogen and oxygen atoms in total. The first-order valence-electron chi connectivity index (χ1n) is 6.89. The second-order valence-corrected chi connectivity index (χ2v) is 4.67. The van der Waals surface area contributed by atoms with Crippen molar-refractivity contribution in [1.82, 2.24) is 0 Å². The van der Waals surface area contributed by atoms with Crippen molar-refractivity contribution < 1.29 is 18.6 Å². The van der Waals surface area contributed by atoms with Crippen LogP contribution >= 0.6 is 0 Å². The Morgan fingerprint density at radius 1 is 1.16 bits per heavy atom. The zero-order chi connectivity index (χ0) is 13.8. The monoisotopic (exact) mass is 268 g/mol. The maximum absolute atomic E-state index is 14.0. The highest BCUT2D eigenvalue weighted by Gasteiger charge is 2.33. The summed E-state index contributed by atoms with van der Waals surface area (Å²) in [5, 5.41) is 0. The molecule has 1 aromatic rings. The van der Waals surface area contributed by atoms with Gasteiger partial charge in [-0.05, 0) is 45.2 Å². The van der Waals surface area contributed by atoms with Crippen LogP contribution < -0.4 is 9.47 Å². The van der Waals surface area contributed by atoms with Crippen LogP contribution in [0, 0.1) is 5.82 Å². The van der Waals surface area contributed by atoms with Crippen molar-refractivity contribution in [2.24, 2.45) is 0 Å². The third kappa shape index (κ3) is 3.60. The molecule has 0 N–H and O–H groups in total. The number of epoxide rings is 1. The number of ether oxygens (including phenoxy) is 3. The average Bonchev–Trinajstić information content (AvgIpc) is 3.07. The second kappa shape index (κ2) is 6.24. The van der Waals surface area contributed by atoms with E-state index in [1.54, 1.807) is 6.07 Å². The van der Waals surface area contributed by atoms with Crippen molar-refractivity contribution in [3.63, 3.8) is 0 Å². The van der Waals surface area contributed by atoms with Crippen molar-refractivity contribution in [3.05, 3.63) is 23.5 Å². The summed E-state index contributed by atoms with van der Waals surface area (Å²) in [6, 6.07) is 3.16. The molecular weight excluding hydrogens is 247 g/mol. The van der Waals surface area contributed by atoms with Crippen molar-refractivity contribution in [2.45, 2.75) is 45.8 Å². The fourth-order valence-corrected chi connectivity index (χ4v) is 2.14. The van der Waals surface area contributed by atoms with Gasteiger partial charge in [0.25, 0.3) is 0 Å². The van der Waals surface area contributed by atoms with E-state index in [4.69, 9.17) is 14.2 Å². The van der Waals surface area contributed by atoms with Gasteiger partial charge in [-0.3, -0.25) is 0 Å². The number of hydrogen-bond acceptors (Lipinski definition) is 3. The highest BCUT2D eigenvalue weighted by atomic mass is 19.1. The molecule has 2 rings (SSSR count). The van der Waals surface area contributed by atoms with E-state index in [2.05, 4.69) is 0 Å². The quantitative estimate of drug-likeness (QED) is 0.711. The molecule has 2 atom stereocenters. The molecule has 2 unspecified atom stereocenters. The summed E-state index contributed by atoms with van der Waals surface area (Å²) in [6.45, 7) is 6.83. The molecule has 4 heteroatoms. The van der Waals surface area contributed by atoms with Crippen LogP contribution in [0.1, 0.15) is 32.8 Å². The van der Waals surface area contributed by atoms with E-state index in [1.165, 1.54) is 6.07 Å². The third-order valence-corrected chi connectivity index (χ3v) is 3.25. The minimum Gasteiger partial charge on any atom is -0.490 e. The number of hydrogen-bond donors (Lipinski definition) is 0. The smallest absolute Gasteiger partial charge is 0.164 e. The number of rotatable bonds is 7. The molecule has 0 saturated carbocycles. The molecule has 0 aromatic heterocycles. The molecule has 19 heavy (non-hydrogen) atoms. The Hall–Kier alpha value is -1.29. The van der Waals surface area contributed by atoms with Gasteiger partial charge < -0.3 is 14.2 Å². The van der Waals surface area contributed by atoms with Gasteiger partial charge in [0.1, 0.15) is 5.82 Å². The minimum absolute atomic E-state index is 0.236. The van der Waals surface area contributed by atoms with Crippen molar-refractivity contribution in [1.29, 1.82) is 0 Å². The number of benzene rings is 1. The van der Waals surface area contributed by atoms with E-state index >= 15 is 0 Å². The Labute approximate surface area is 113 Å². The van der Waals surface area contributed by atoms with Crippen molar-refractivity contribution >= 4 is 0 Å². The Kier molecular flexibility index (Phi) is 4.64. The van der Waals surface area contributed by atoms with Crippen LogP contribution in [-0.4, -0.2) is 25.4 Å². The molecular formula is C15H21FO3. The summed E-state index contributed by atoms with van der Waals surface area (Å²) in [4.78, 5) is 0. The maximum Gasteiger partial charge on any atom is 0.164 e. The van der Waals surface area contributed by atoms with E-state index in [0.717, 1.165) is 6.42 Å². The summed E-state index contributed by atoms with van der Waals surface area (Å²) >= 11 is 0. The first kappa shape index (κ1) is 14.1. The largest absolute Gasteiger partial charge is 0.490 e. The van der Waals surface area contributed by atoms with Gasteiger partial charge in [-0.25, -0.2) is 4.39 Å². The predicted molar refractivity (Wildman–Crippen MR) is 71.4 cm³/mol. The van der Waals surface area contributed by atoms with E-state index < -0.39 is 0 Å². The lowest BCUT2D eigenvalue weighted by Gasteiger charge is -2.13. The molecule has 0 spiro atoms. The molecule has 0 aliphatic carbocycles. The summed E-state index contributed by atoms with van der Waals surface area (Å²) < 4.78 is 30.2. The van der Waals surface area contributed by atoms with Crippen LogP contribution in [-0.2, 0) is 11.2 Å². The Balaban J connectivity index is 2.10. The molecule has 1 fully saturated rings. The molecule has 1 aliphatic heterocycles. The van der Waals surface area contributed by atoms with Gasteiger partial charge >= 0.3 is 0 Å². The first-order chi connectivity index (χ1) is 9.15. The van der Waals surface area contributed by atoms with Gasteiger partial charge in [0.15, 0.2) is 11.5 Å². The lowest BCUT2D eigenvalue weighted by atomic mass is 10.1. The van der Waals surface area contributed by atoms with Crippen molar-refractivity contribution in [3.8, 4) is 11.5 Å². The normalized spacial score (nSPS) is 21.3. The summed E-state index contributed by atoms with van der Waals surface area (Å²) in [7, 11) is 0. The van der Waals surface area contributed by atoms with Gasteiger partial charge in [0.2, 0.25) is 0 Å². The van der Waals surface area contributed by atoms with Crippen LogP contribution in [0.4, 0.5) is 4.39 Å². The summed E-state index contributed by atoms with van der Waals surface area (Å²) in [6.07, 6.45) is 2.10. The highest BCUT2D eigenvalue weighted by molar-refractivity contribution is 5.44. The SMILES string of the molecule is CCOc1cc(F)c(CCC2OC2C)cc1OCC. The number of halogens is 1. The number of aryl methyl sites for hydroxylation is 1. The minimum atomic E-state index is -0.236. The van der Waals surface area contributed by atoms with Gasteiger partial charge in [-0.2, -0.15) is 0 Å². The molecule has 0 amide bonds. The maximum atomic E-state index is 14.0. The fraction of sp³-hybridized carbons (Fsp3) is 0.600. The molecule has 1 aromatic carbocycles. The van der Waals surface area contributed by atoms with Gasteiger partial charge in [-0.15, -0.1) is 0 Å². The molecule has 106 valence electrons. The third-order valence-electron chi connectivity index (χ3n) is 3.25. The van der Waals surface area contributed by atoms with Crippen LogP contribution in [0.25, 0.3) is 0 Å². The van der Waals surface area contributed by atoms with E-state index in [0.29, 0.717) is 42.8 Å². The van der Waals surface area contributed by atoms with Gasteiger partial charge in [0, 0.05) is 6.07 Å². The Bertz CT molecular complexity index is 434. The van der Waals surface area contributed by atoms with Crippen LogP contribution in [0.15, 0.2) is 12.1 Å². The first-order valence-corrected chi connectivity index (χ1v) is 6.89. The lowest BCUT2D eigenvalue weighted by molar-refractivity contribution is 0.285. The van der Waals surface area contributed by atoms with E-state index in [1.807, 2.05) is 20.8 Å². The Morgan fingerprint density at radius 3 is 2.26 bits per heavy atom. The molecule has 0 radical (unpaired) electrons. The van der Waals surface area contributed by atoms with E-state index in [-0.39, 0.29) is 11.9 Å². The van der Waals surface area contributed by atoms with Crippen LogP contribution in [0.5, 0.6) is 11.5 Å². The lowest BCUT2D eigenvalue weighted by Crippen LogP contribution is -2.02. The highest BCUT2D eigenvalue weighted by Crippen LogP contribution is 2.33. The fourth-order valence-electron chi connectivity index (χ4n) is 2.14. The molecule has 1 aliphatic rings. The van der Waals surface area contributed by atoms with Crippen LogP contribution in [0.2, 0.25) is 0 Å². The van der Waals surface area contributed by atoms with Gasteiger partial charge in [0.05, 0.1) is 25.4 Å². The standard InChI is InChI=1S/C15H21FO3/c1-4-17-14-8-11(6-7-13-10(3)19-13)12(16)9-15(14)18-5-2/h8-10,13H,4-7H2,1-3H3. The molecule has 0 bridgehead atoms.